The number of hydrogen-bond acceptors (Lipinski definition) is 3. The molecule has 30 heavy (non-hydrogen) atoms. The van der Waals surface area contributed by atoms with Gasteiger partial charge in [0.2, 0.25) is 0 Å². The lowest BCUT2D eigenvalue weighted by molar-refractivity contribution is 0.0937. The highest BCUT2D eigenvalue weighted by Gasteiger charge is 2.15. The Labute approximate surface area is 176 Å². The molecule has 0 saturated carbocycles. The van der Waals surface area contributed by atoms with Crippen molar-refractivity contribution in [3.05, 3.63) is 114 Å². The van der Waals surface area contributed by atoms with Crippen molar-refractivity contribution in [3.8, 4) is 11.4 Å². The number of nitrogens with zero attached hydrogens (tertiary/aromatic N) is 2. The first kappa shape index (κ1) is 19.5. The summed E-state index contributed by atoms with van der Waals surface area (Å²) in [4.78, 5) is 17.0. The number of benzene rings is 3. The van der Waals surface area contributed by atoms with Crippen molar-refractivity contribution in [2.45, 2.75) is 19.6 Å². The Bertz CT molecular complexity index is 1090. The number of para-hydroxylation sites is 1. The number of ether oxygens (including phenoxy) is 1. The summed E-state index contributed by atoms with van der Waals surface area (Å²) in [6.45, 7) is 2.31. The Morgan fingerprint density at radius 2 is 1.73 bits per heavy atom. The van der Waals surface area contributed by atoms with Gasteiger partial charge in [0.15, 0.2) is 0 Å². The summed E-state index contributed by atoms with van der Waals surface area (Å²) in [6, 6.07) is 25.1. The van der Waals surface area contributed by atoms with E-state index >= 15 is 0 Å². The first-order chi connectivity index (χ1) is 14.7. The molecule has 5 nitrogen and oxygen atoms in total. The van der Waals surface area contributed by atoms with E-state index in [-0.39, 0.29) is 11.9 Å². The molecule has 1 atom stereocenters. The first-order valence-corrected chi connectivity index (χ1v) is 9.85. The number of rotatable bonds is 7. The first-order valence-electron chi connectivity index (χ1n) is 9.85. The van der Waals surface area contributed by atoms with Crippen LogP contribution in [0, 0.1) is 0 Å². The zero-order chi connectivity index (χ0) is 20.8. The molecule has 0 bridgehead atoms. The number of amides is 1. The molecular weight excluding hydrogens is 374 g/mol. The van der Waals surface area contributed by atoms with E-state index in [1.54, 1.807) is 12.5 Å². The fourth-order valence-corrected chi connectivity index (χ4v) is 3.25. The third-order valence-corrected chi connectivity index (χ3v) is 4.94. The van der Waals surface area contributed by atoms with Crippen molar-refractivity contribution in [3.63, 3.8) is 0 Å². The lowest BCUT2D eigenvalue weighted by atomic mass is 10.0. The van der Waals surface area contributed by atoms with Crippen molar-refractivity contribution < 1.29 is 9.53 Å². The Hall–Kier alpha value is -3.86. The van der Waals surface area contributed by atoms with Gasteiger partial charge in [-0.25, -0.2) is 4.98 Å². The molecule has 5 heteroatoms. The minimum Gasteiger partial charge on any atom is -0.489 e. The maximum atomic E-state index is 12.9. The van der Waals surface area contributed by atoms with Gasteiger partial charge in [0, 0.05) is 29.2 Å². The van der Waals surface area contributed by atoms with Crippen molar-refractivity contribution in [2.75, 3.05) is 0 Å². The molecule has 1 N–H and O–H groups in total. The summed E-state index contributed by atoms with van der Waals surface area (Å²) in [5.74, 6) is 0.660. The van der Waals surface area contributed by atoms with Crippen molar-refractivity contribution in [1.29, 1.82) is 0 Å². The van der Waals surface area contributed by atoms with Crippen molar-refractivity contribution in [1.82, 2.24) is 14.9 Å². The normalized spacial score (nSPS) is 11.6. The summed E-state index contributed by atoms with van der Waals surface area (Å²) in [7, 11) is 0. The standard InChI is InChI=1S/C25H23N3O2/c1-19(20-11-13-22(14-12-20)28-16-15-26-18-28)27-25(29)24-10-6-5-7-21(24)17-30-23-8-3-2-4-9-23/h2-16,18-19H,17H2,1H3,(H,27,29)/t19-/m1/s1. The van der Waals surface area contributed by atoms with Crippen LogP contribution in [0.4, 0.5) is 0 Å². The smallest absolute Gasteiger partial charge is 0.252 e. The second-order valence-electron chi connectivity index (χ2n) is 7.02. The number of aromatic nitrogens is 2. The van der Waals surface area contributed by atoms with Gasteiger partial charge < -0.3 is 14.6 Å². The van der Waals surface area contributed by atoms with Crippen LogP contribution in [-0.2, 0) is 6.61 Å². The summed E-state index contributed by atoms with van der Waals surface area (Å²) < 4.78 is 7.77. The van der Waals surface area contributed by atoms with Gasteiger partial charge in [-0.05, 0) is 42.8 Å². The number of nitrogens with one attached hydrogen (secondary N) is 1. The summed E-state index contributed by atoms with van der Waals surface area (Å²) >= 11 is 0. The quantitative estimate of drug-likeness (QED) is 0.480. The molecule has 150 valence electrons. The molecule has 0 fully saturated rings. The topological polar surface area (TPSA) is 56.1 Å². The monoisotopic (exact) mass is 397 g/mol. The summed E-state index contributed by atoms with van der Waals surface area (Å²) in [6.07, 6.45) is 5.40. The molecule has 1 aromatic heterocycles. The van der Waals surface area contributed by atoms with Gasteiger partial charge in [0.1, 0.15) is 12.4 Å². The maximum Gasteiger partial charge on any atom is 0.252 e. The number of carbonyl (C=O) groups excluding carboxylic acids is 1. The fraction of sp³-hybridized carbons (Fsp3) is 0.120. The van der Waals surface area contributed by atoms with Crippen LogP contribution in [0.2, 0.25) is 0 Å². The van der Waals surface area contributed by atoms with Crippen LogP contribution in [-0.4, -0.2) is 15.5 Å². The molecule has 1 heterocycles. The van der Waals surface area contributed by atoms with Crippen LogP contribution in [0.15, 0.2) is 97.6 Å². The molecule has 3 aromatic carbocycles. The summed E-state index contributed by atoms with van der Waals surface area (Å²) in [5, 5.41) is 3.09. The van der Waals surface area contributed by atoms with Gasteiger partial charge in [0.25, 0.3) is 5.91 Å². The van der Waals surface area contributed by atoms with Gasteiger partial charge >= 0.3 is 0 Å². The Kier molecular flexibility index (Phi) is 5.90. The van der Waals surface area contributed by atoms with E-state index in [4.69, 9.17) is 4.74 Å². The molecule has 0 spiro atoms. The Balaban J connectivity index is 1.43. The zero-order valence-corrected chi connectivity index (χ0v) is 16.7. The average Bonchev–Trinajstić information content (AvgIpc) is 3.34. The van der Waals surface area contributed by atoms with E-state index < -0.39 is 0 Å². The van der Waals surface area contributed by atoms with Gasteiger partial charge in [-0.3, -0.25) is 4.79 Å². The van der Waals surface area contributed by atoms with Gasteiger partial charge in [-0.15, -0.1) is 0 Å². The lowest BCUT2D eigenvalue weighted by Gasteiger charge is -2.17. The van der Waals surface area contributed by atoms with Crippen LogP contribution >= 0.6 is 0 Å². The maximum absolute atomic E-state index is 12.9. The molecular formula is C25H23N3O2. The van der Waals surface area contributed by atoms with Crippen molar-refractivity contribution >= 4 is 5.91 Å². The molecule has 0 radical (unpaired) electrons. The third-order valence-electron chi connectivity index (χ3n) is 4.94. The Morgan fingerprint density at radius 1 is 1.00 bits per heavy atom. The molecule has 4 aromatic rings. The minimum atomic E-state index is -0.127. The number of imidazole rings is 1. The second-order valence-corrected chi connectivity index (χ2v) is 7.02. The SMILES string of the molecule is C[C@@H](NC(=O)c1ccccc1COc1ccccc1)c1ccc(-n2ccnc2)cc1. The minimum absolute atomic E-state index is 0.117. The third kappa shape index (κ3) is 4.58. The van der Waals surface area contributed by atoms with Crippen LogP contribution < -0.4 is 10.1 Å². The van der Waals surface area contributed by atoms with Gasteiger partial charge in [0.05, 0.1) is 12.4 Å². The average molecular weight is 397 g/mol. The van der Waals surface area contributed by atoms with Crippen molar-refractivity contribution in [2.24, 2.45) is 0 Å². The molecule has 1 amide bonds. The van der Waals surface area contributed by atoms with Gasteiger partial charge in [-0.2, -0.15) is 0 Å². The van der Waals surface area contributed by atoms with E-state index in [0.717, 1.165) is 22.6 Å². The van der Waals surface area contributed by atoms with E-state index in [1.165, 1.54) is 0 Å². The number of hydrogen-bond donors (Lipinski definition) is 1. The van der Waals surface area contributed by atoms with Crippen LogP contribution in [0.25, 0.3) is 5.69 Å². The van der Waals surface area contributed by atoms with E-state index in [1.807, 2.05) is 96.6 Å². The predicted octanol–water partition coefficient (Wildman–Crippen LogP) is 4.94. The van der Waals surface area contributed by atoms with Crippen LogP contribution in [0.3, 0.4) is 0 Å². The number of carbonyl (C=O) groups is 1. The van der Waals surface area contributed by atoms with E-state index in [2.05, 4.69) is 10.3 Å². The highest BCUT2D eigenvalue weighted by Crippen LogP contribution is 2.18. The molecule has 0 aliphatic heterocycles. The molecule has 0 aliphatic rings. The zero-order valence-electron chi connectivity index (χ0n) is 16.7. The largest absolute Gasteiger partial charge is 0.489 e. The molecule has 0 saturated heterocycles. The van der Waals surface area contributed by atoms with E-state index in [0.29, 0.717) is 12.2 Å². The fourth-order valence-electron chi connectivity index (χ4n) is 3.25. The Morgan fingerprint density at radius 3 is 2.47 bits per heavy atom. The summed E-state index contributed by atoms with van der Waals surface area (Å²) in [5.41, 5.74) is 3.53. The van der Waals surface area contributed by atoms with E-state index in [9.17, 15) is 4.79 Å². The highest BCUT2D eigenvalue weighted by molar-refractivity contribution is 5.95. The second kappa shape index (κ2) is 9.09. The highest BCUT2D eigenvalue weighted by atomic mass is 16.5. The predicted molar refractivity (Wildman–Crippen MR) is 117 cm³/mol. The molecule has 0 unspecified atom stereocenters. The lowest BCUT2D eigenvalue weighted by Crippen LogP contribution is -2.27. The van der Waals surface area contributed by atoms with Crippen LogP contribution in [0.1, 0.15) is 34.5 Å². The molecule has 4 rings (SSSR count). The van der Waals surface area contributed by atoms with Crippen LogP contribution in [0.5, 0.6) is 5.75 Å². The van der Waals surface area contributed by atoms with Gasteiger partial charge in [-0.1, -0.05) is 48.5 Å². The molecule has 0 aliphatic carbocycles.